The quantitative estimate of drug-likeness (QED) is 0.631. The predicted molar refractivity (Wildman–Crippen MR) is 124 cm³/mol. The lowest BCUT2D eigenvalue weighted by Gasteiger charge is -2.14. The molecule has 1 saturated heterocycles. The first-order chi connectivity index (χ1) is 15.1. The molecule has 1 fully saturated rings. The standard InChI is InChI=1S/C22H31N5O3S/c1-2-12-26-20(29)18-19(24-21(31-18)25-13-6-7-14-25)27(22(26)30)15-17(28)23-11-10-16-8-4-3-5-9-16/h8H,2-7,9-15H2,1H3,(H,23,28). The van der Waals surface area contributed by atoms with Crippen LogP contribution in [0.5, 0.6) is 0 Å². The van der Waals surface area contributed by atoms with Crippen molar-refractivity contribution in [2.75, 3.05) is 24.5 Å². The van der Waals surface area contributed by atoms with E-state index in [1.54, 1.807) is 0 Å². The Morgan fingerprint density at radius 1 is 1.16 bits per heavy atom. The molecule has 8 nitrogen and oxygen atoms in total. The Morgan fingerprint density at radius 3 is 2.68 bits per heavy atom. The van der Waals surface area contributed by atoms with Crippen molar-refractivity contribution in [3.8, 4) is 0 Å². The summed E-state index contributed by atoms with van der Waals surface area (Å²) in [7, 11) is 0. The van der Waals surface area contributed by atoms with Gasteiger partial charge < -0.3 is 10.2 Å². The molecular formula is C22H31N5O3S. The van der Waals surface area contributed by atoms with E-state index in [0.29, 0.717) is 29.9 Å². The van der Waals surface area contributed by atoms with Crippen molar-refractivity contribution in [2.45, 2.75) is 71.4 Å². The number of amides is 1. The van der Waals surface area contributed by atoms with Crippen LogP contribution in [0.4, 0.5) is 5.13 Å². The molecule has 9 heteroatoms. The van der Waals surface area contributed by atoms with Crippen molar-refractivity contribution in [2.24, 2.45) is 0 Å². The first kappa shape index (κ1) is 21.8. The third kappa shape index (κ3) is 4.76. The second-order valence-electron chi connectivity index (χ2n) is 8.38. The number of carbonyl (C=O) groups is 1. The van der Waals surface area contributed by atoms with Crippen LogP contribution in [0.3, 0.4) is 0 Å². The SMILES string of the molecule is CCCn1c(=O)c2sc(N3CCCC3)nc2n(CC(=O)NCCC2=CCCCC2)c1=O. The highest BCUT2D eigenvalue weighted by Gasteiger charge is 2.22. The van der Waals surface area contributed by atoms with Gasteiger partial charge in [0.25, 0.3) is 5.56 Å². The maximum Gasteiger partial charge on any atom is 0.333 e. The molecule has 1 aliphatic heterocycles. The Kier molecular flexibility index (Phi) is 6.89. The molecule has 1 amide bonds. The van der Waals surface area contributed by atoms with E-state index < -0.39 is 5.69 Å². The summed E-state index contributed by atoms with van der Waals surface area (Å²) in [6, 6.07) is 0. The Bertz CT molecular complexity index is 1090. The fraction of sp³-hybridized carbons (Fsp3) is 0.636. The van der Waals surface area contributed by atoms with Gasteiger partial charge in [-0.2, -0.15) is 0 Å². The summed E-state index contributed by atoms with van der Waals surface area (Å²) in [5.74, 6) is -0.225. The van der Waals surface area contributed by atoms with Gasteiger partial charge in [0.2, 0.25) is 5.91 Å². The maximum absolute atomic E-state index is 13.1. The molecule has 0 atom stereocenters. The summed E-state index contributed by atoms with van der Waals surface area (Å²) in [6.07, 6.45) is 10.7. The summed E-state index contributed by atoms with van der Waals surface area (Å²) in [6.45, 7) is 4.51. The lowest BCUT2D eigenvalue weighted by atomic mass is 9.97. The van der Waals surface area contributed by atoms with Crippen LogP contribution < -0.4 is 21.5 Å². The number of hydrogen-bond acceptors (Lipinski definition) is 6. The zero-order chi connectivity index (χ0) is 21.8. The zero-order valence-electron chi connectivity index (χ0n) is 18.2. The topological polar surface area (TPSA) is 89.2 Å². The van der Waals surface area contributed by atoms with E-state index in [2.05, 4.69) is 21.3 Å². The van der Waals surface area contributed by atoms with Crippen LogP contribution in [0.2, 0.25) is 0 Å². The van der Waals surface area contributed by atoms with Crippen molar-refractivity contribution in [1.29, 1.82) is 0 Å². The van der Waals surface area contributed by atoms with Gasteiger partial charge in [-0.25, -0.2) is 9.78 Å². The molecule has 0 aromatic carbocycles. The van der Waals surface area contributed by atoms with Crippen LogP contribution in [0.1, 0.15) is 58.3 Å². The van der Waals surface area contributed by atoms with Crippen LogP contribution in [0.15, 0.2) is 21.2 Å². The van der Waals surface area contributed by atoms with Gasteiger partial charge in [0.05, 0.1) is 0 Å². The lowest BCUT2D eigenvalue weighted by molar-refractivity contribution is -0.121. The van der Waals surface area contributed by atoms with Gasteiger partial charge in [0.15, 0.2) is 10.8 Å². The molecule has 3 heterocycles. The van der Waals surface area contributed by atoms with E-state index in [-0.39, 0.29) is 18.0 Å². The molecule has 0 unspecified atom stereocenters. The van der Waals surface area contributed by atoms with E-state index in [1.165, 1.54) is 38.9 Å². The summed E-state index contributed by atoms with van der Waals surface area (Å²) < 4.78 is 3.07. The molecule has 2 aliphatic rings. The van der Waals surface area contributed by atoms with Gasteiger partial charge in [0.1, 0.15) is 11.2 Å². The molecule has 168 valence electrons. The number of fused-ring (bicyclic) bond motifs is 1. The minimum atomic E-state index is -0.456. The average molecular weight is 446 g/mol. The minimum Gasteiger partial charge on any atom is -0.354 e. The van der Waals surface area contributed by atoms with Gasteiger partial charge in [-0.3, -0.25) is 18.7 Å². The molecule has 2 aromatic rings. The highest BCUT2D eigenvalue weighted by molar-refractivity contribution is 7.22. The van der Waals surface area contributed by atoms with Crippen LogP contribution in [0.25, 0.3) is 10.3 Å². The normalized spacial score (nSPS) is 16.7. The van der Waals surface area contributed by atoms with Crippen LogP contribution in [-0.2, 0) is 17.9 Å². The van der Waals surface area contributed by atoms with E-state index in [1.807, 2.05) is 6.92 Å². The number of anilines is 1. The monoisotopic (exact) mass is 445 g/mol. The van der Waals surface area contributed by atoms with Gasteiger partial charge in [-0.15, -0.1) is 0 Å². The van der Waals surface area contributed by atoms with Crippen molar-refractivity contribution < 1.29 is 4.79 Å². The van der Waals surface area contributed by atoms with E-state index in [4.69, 9.17) is 0 Å². The first-order valence-corrected chi connectivity index (χ1v) is 12.2. The van der Waals surface area contributed by atoms with Crippen molar-refractivity contribution >= 4 is 32.7 Å². The Hall–Kier alpha value is -2.42. The molecule has 31 heavy (non-hydrogen) atoms. The number of nitrogens with one attached hydrogen (secondary N) is 1. The third-order valence-corrected chi connectivity index (χ3v) is 7.13. The Morgan fingerprint density at radius 2 is 1.97 bits per heavy atom. The predicted octanol–water partition coefficient (Wildman–Crippen LogP) is 2.64. The smallest absolute Gasteiger partial charge is 0.333 e. The molecule has 0 spiro atoms. The van der Waals surface area contributed by atoms with Crippen LogP contribution >= 0.6 is 11.3 Å². The van der Waals surface area contributed by atoms with Crippen molar-refractivity contribution in [3.63, 3.8) is 0 Å². The summed E-state index contributed by atoms with van der Waals surface area (Å²) in [5, 5.41) is 3.70. The minimum absolute atomic E-state index is 0.123. The molecule has 0 saturated carbocycles. The highest BCUT2D eigenvalue weighted by atomic mass is 32.1. The van der Waals surface area contributed by atoms with Gasteiger partial charge in [-0.05, 0) is 51.4 Å². The molecule has 1 aliphatic carbocycles. The Labute approximate surface area is 185 Å². The second kappa shape index (κ2) is 9.80. The number of carbonyl (C=O) groups excluding carboxylic acids is 1. The van der Waals surface area contributed by atoms with Gasteiger partial charge in [-0.1, -0.05) is 29.9 Å². The van der Waals surface area contributed by atoms with E-state index in [9.17, 15) is 14.4 Å². The van der Waals surface area contributed by atoms with E-state index in [0.717, 1.165) is 50.3 Å². The number of thiazole rings is 1. The van der Waals surface area contributed by atoms with Crippen molar-refractivity contribution in [3.05, 3.63) is 32.5 Å². The summed E-state index contributed by atoms with van der Waals surface area (Å²) in [4.78, 5) is 45.5. The fourth-order valence-corrected chi connectivity index (χ4v) is 5.44. The van der Waals surface area contributed by atoms with E-state index >= 15 is 0 Å². The maximum atomic E-state index is 13.1. The fourth-order valence-electron chi connectivity index (χ4n) is 4.37. The number of rotatable bonds is 8. The number of allylic oxidation sites excluding steroid dienone is 1. The van der Waals surface area contributed by atoms with Crippen LogP contribution in [-0.4, -0.2) is 39.7 Å². The number of aromatic nitrogens is 3. The first-order valence-electron chi connectivity index (χ1n) is 11.4. The molecule has 0 radical (unpaired) electrons. The third-order valence-electron chi connectivity index (χ3n) is 6.03. The summed E-state index contributed by atoms with van der Waals surface area (Å²) in [5.41, 5.74) is 0.977. The molecule has 1 N–H and O–H groups in total. The molecule has 0 bridgehead atoms. The summed E-state index contributed by atoms with van der Waals surface area (Å²) >= 11 is 1.33. The van der Waals surface area contributed by atoms with Gasteiger partial charge in [0, 0.05) is 26.2 Å². The number of hydrogen-bond donors (Lipinski definition) is 1. The Balaban J connectivity index is 1.58. The molecular weight excluding hydrogens is 414 g/mol. The molecule has 2 aromatic heterocycles. The van der Waals surface area contributed by atoms with Gasteiger partial charge >= 0.3 is 5.69 Å². The highest BCUT2D eigenvalue weighted by Crippen LogP contribution is 2.28. The average Bonchev–Trinajstić information content (AvgIpc) is 3.45. The zero-order valence-corrected chi connectivity index (χ0v) is 19.0. The second-order valence-corrected chi connectivity index (χ2v) is 9.35. The lowest BCUT2D eigenvalue weighted by Crippen LogP contribution is -2.42. The largest absolute Gasteiger partial charge is 0.354 e. The number of nitrogens with zero attached hydrogens (tertiary/aromatic N) is 4. The van der Waals surface area contributed by atoms with Crippen molar-refractivity contribution in [1.82, 2.24) is 19.4 Å². The molecule has 4 rings (SSSR count). The van der Waals surface area contributed by atoms with Crippen LogP contribution in [0, 0.1) is 0 Å².